The van der Waals surface area contributed by atoms with Crippen LogP contribution in [0.3, 0.4) is 0 Å². The maximum absolute atomic E-state index is 12.0. The van der Waals surface area contributed by atoms with Crippen LogP contribution in [0.2, 0.25) is 0 Å². The van der Waals surface area contributed by atoms with Gasteiger partial charge in [-0.1, -0.05) is 24.3 Å². The van der Waals surface area contributed by atoms with E-state index in [0.29, 0.717) is 11.1 Å². The molecular formula is C14H10NO5-. The molecule has 0 bridgehead atoms. The molecule has 3 rings (SSSR count). The first kappa shape index (κ1) is 12.4. The van der Waals surface area contributed by atoms with Gasteiger partial charge in [-0.2, -0.15) is 0 Å². The molecule has 6 heteroatoms. The monoisotopic (exact) mass is 272 g/mol. The third kappa shape index (κ3) is 1.77. The molecule has 1 aromatic rings. The Morgan fingerprint density at radius 1 is 1.05 bits per heavy atom. The van der Waals surface area contributed by atoms with E-state index >= 15 is 0 Å². The van der Waals surface area contributed by atoms with Crippen molar-refractivity contribution in [3.63, 3.8) is 0 Å². The van der Waals surface area contributed by atoms with Crippen molar-refractivity contribution in [1.29, 1.82) is 0 Å². The van der Waals surface area contributed by atoms with Gasteiger partial charge in [-0.25, -0.2) is 9.59 Å². The predicted octanol–water partition coefficient (Wildman–Crippen LogP) is 0.354. The minimum absolute atomic E-state index is 0.0103. The molecule has 6 nitrogen and oxygen atoms in total. The number of rotatable bonds is 0. The Balaban J connectivity index is 2.17. The highest BCUT2D eigenvalue weighted by Crippen LogP contribution is 2.34. The van der Waals surface area contributed by atoms with Gasteiger partial charge in [-0.05, 0) is 11.5 Å². The van der Waals surface area contributed by atoms with Crippen molar-refractivity contribution in [2.45, 2.75) is 19.6 Å². The molecule has 0 aromatic heterocycles. The molecular weight excluding hydrogens is 262 g/mol. The number of nitrogens with zero attached hydrogens (tertiary/aromatic N) is 1. The summed E-state index contributed by atoms with van der Waals surface area (Å²) in [5.74, 6) is -3.49. The summed E-state index contributed by atoms with van der Waals surface area (Å²) < 4.78 is 10.0. The second-order valence-corrected chi connectivity index (χ2v) is 4.87. The highest BCUT2D eigenvalue weighted by atomic mass is 16.7. The van der Waals surface area contributed by atoms with E-state index < -0.39 is 23.6 Å². The maximum atomic E-state index is 12.0. The van der Waals surface area contributed by atoms with Crippen LogP contribution in [0.1, 0.15) is 25.0 Å². The van der Waals surface area contributed by atoms with Crippen molar-refractivity contribution in [1.82, 2.24) is 0 Å². The van der Waals surface area contributed by atoms with Crippen LogP contribution in [-0.4, -0.2) is 23.6 Å². The molecule has 0 amide bonds. The summed E-state index contributed by atoms with van der Waals surface area (Å²) in [6, 6.07) is 6.57. The SMILES string of the molecule is CC1(C)OC(=O)C(=C2N=C([O-])c3ccccc32)C(=O)O1. The second kappa shape index (κ2) is 3.93. The van der Waals surface area contributed by atoms with E-state index in [0.717, 1.165) is 0 Å². The van der Waals surface area contributed by atoms with Crippen LogP contribution in [0, 0.1) is 0 Å². The molecule has 0 saturated carbocycles. The van der Waals surface area contributed by atoms with E-state index in [1.54, 1.807) is 24.3 Å². The topological polar surface area (TPSA) is 88.0 Å². The minimum atomic E-state index is -1.32. The van der Waals surface area contributed by atoms with E-state index in [-0.39, 0.29) is 11.3 Å². The molecule has 2 aliphatic heterocycles. The molecule has 0 aliphatic carbocycles. The summed E-state index contributed by atoms with van der Waals surface area (Å²) >= 11 is 0. The number of benzene rings is 1. The zero-order chi connectivity index (χ0) is 14.5. The maximum Gasteiger partial charge on any atom is 0.351 e. The van der Waals surface area contributed by atoms with E-state index in [9.17, 15) is 14.7 Å². The summed E-state index contributed by atoms with van der Waals surface area (Å²) in [7, 11) is 0. The first-order chi connectivity index (χ1) is 9.39. The second-order valence-electron chi connectivity index (χ2n) is 4.87. The number of cyclic esters (lactones) is 2. The van der Waals surface area contributed by atoms with Gasteiger partial charge in [-0.15, -0.1) is 0 Å². The lowest BCUT2D eigenvalue weighted by molar-refractivity contribution is -0.222. The van der Waals surface area contributed by atoms with Crippen molar-refractivity contribution in [3.05, 3.63) is 41.0 Å². The molecule has 1 fully saturated rings. The van der Waals surface area contributed by atoms with Crippen LogP contribution in [0.5, 0.6) is 0 Å². The van der Waals surface area contributed by atoms with Gasteiger partial charge in [0.05, 0.1) is 5.70 Å². The zero-order valence-electron chi connectivity index (χ0n) is 10.8. The molecule has 0 atom stereocenters. The van der Waals surface area contributed by atoms with Gasteiger partial charge in [0.25, 0.3) is 5.79 Å². The first-order valence-electron chi connectivity index (χ1n) is 5.95. The number of carbonyl (C=O) groups excluding carboxylic acids is 2. The van der Waals surface area contributed by atoms with Gasteiger partial charge in [0.1, 0.15) is 0 Å². The van der Waals surface area contributed by atoms with E-state index in [1.807, 2.05) is 0 Å². The summed E-state index contributed by atoms with van der Waals surface area (Å²) in [6.45, 7) is 2.91. The molecule has 0 radical (unpaired) electrons. The Bertz CT molecular complexity index is 677. The highest BCUT2D eigenvalue weighted by Gasteiger charge is 2.42. The summed E-state index contributed by atoms with van der Waals surface area (Å²) in [5.41, 5.74) is 0.445. The number of fused-ring (bicyclic) bond motifs is 1. The first-order valence-corrected chi connectivity index (χ1v) is 5.95. The number of hydrogen-bond donors (Lipinski definition) is 0. The Labute approximate surface area is 114 Å². The minimum Gasteiger partial charge on any atom is -0.858 e. The van der Waals surface area contributed by atoms with Gasteiger partial charge in [0, 0.05) is 19.4 Å². The fourth-order valence-corrected chi connectivity index (χ4v) is 2.13. The largest absolute Gasteiger partial charge is 0.858 e. The molecule has 102 valence electrons. The predicted molar refractivity (Wildman–Crippen MR) is 66.2 cm³/mol. The number of carbonyl (C=O) groups is 2. The van der Waals surface area contributed by atoms with Gasteiger partial charge in [0.2, 0.25) is 0 Å². The van der Waals surface area contributed by atoms with Crippen molar-refractivity contribution >= 4 is 23.5 Å². The van der Waals surface area contributed by atoms with Gasteiger partial charge in [-0.3, -0.25) is 4.99 Å². The van der Waals surface area contributed by atoms with Crippen molar-refractivity contribution < 1.29 is 24.2 Å². The average Bonchev–Trinajstić information content (AvgIpc) is 2.65. The fourth-order valence-electron chi connectivity index (χ4n) is 2.13. The van der Waals surface area contributed by atoms with Crippen LogP contribution in [0.4, 0.5) is 0 Å². The summed E-state index contributed by atoms with van der Waals surface area (Å²) in [5, 5.41) is 11.8. The lowest BCUT2D eigenvalue weighted by Crippen LogP contribution is -2.42. The van der Waals surface area contributed by atoms with Gasteiger partial charge in [0.15, 0.2) is 5.57 Å². The molecule has 0 spiro atoms. The third-order valence-corrected chi connectivity index (χ3v) is 2.95. The molecule has 1 saturated heterocycles. The molecule has 2 heterocycles. The Kier molecular flexibility index (Phi) is 2.44. The zero-order valence-corrected chi connectivity index (χ0v) is 10.8. The van der Waals surface area contributed by atoms with E-state index in [2.05, 4.69) is 4.99 Å². The third-order valence-electron chi connectivity index (χ3n) is 2.95. The number of esters is 2. The highest BCUT2D eigenvalue weighted by molar-refractivity contribution is 6.23. The summed E-state index contributed by atoms with van der Waals surface area (Å²) in [6.07, 6.45) is 0. The molecule has 1 aromatic carbocycles. The Morgan fingerprint density at radius 2 is 1.60 bits per heavy atom. The van der Waals surface area contributed by atoms with Gasteiger partial charge < -0.3 is 14.6 Å². The van der Waals surface area contributed by atoms with Crippen LogP contribution in [0.15, 0.2) is 34.8 Å². The van der Waals surface area contributed by atoms with E-state index in [4.69, 9.17) is 9.47 Å². The molecule has 20 heavy (non-hydrogen) atoms. The standard InChI is InChI=1S/C14H11NO5/c1-14(2)19-12(17)9(13(18)20-14)10-7-5-3-4-6-8(7)11(16)15-10/h3-6H,1-2H3,(H,15,16)/p-1. The summed E-state index contributed by atoms with van der Waals surface area (Å²) in [4.78, 5) is 27.7. The van der Waals surface area contributed by atoms with Crippen molar-refractivity contribution in [2.75, 3.05) is 0 Å². The quantitative estimate of drug-likeness (QED) is 0.386. The van der Waals surface area contributed by atoms with Crippen LogP contribution < -0.4 is 5.11 Å². The van der Waals surface area contributed by atoms with Gasteiger partial charge >= 0.3 is 11.9 Å². The lowest BCUT2D eigenvalue weighted by atomic mass is 10.0. The van der Waals surface area contributed by atoms with Crippen LogP contribution in [-0.2, 0) is 19.1 Å². The number of aliphatic imine (C=N–C) groups is 1. The lowest BCUT2D eigenvalue weighted by Gasteiger charge is -2.30. The van der Waals surface area contributed by atoms with Crippen molar-refractivity contribution in [2.24, 2.45) is 4.99 Å². The van der Waals surface area contributed by atoms with Crippen LogP contribution in [0.25, 0.3) is 5.70 Å². The Hall–Kier alpha value is -2.63. The molecule has 0 unspecified atom stereocenters. The molecule has 0 N–H and O–H groups in total. The normalized spacial score (nSPS) is 20.2. The number of hydrogen-bond acceptors (Lipinski definition) is 6. The smallest absolute Gasteiger partial charge is 0.351 e. The molecule has 2 aliphatic rings. The number of ether oxygens (including phenoxy) is 2. The average molecular weight is 272 g/mol. The fraction of sp³-hybridized carbons (Fsp3) is 0.214. The Morgan fingerprint density at radius 3 is 2.20 bits per heavy atom. The van der Waals surface area contributed by atoms with E-state index in [1.165, 1.54) is 13.8 Å². The van der Waals surface area contributed by atoms with Crippen molar-refractivity contribution in [3.8, 4) is 0 Å². The van der Waals surface area contributed by atoms with Crippen LogP contribution >= 0.6 is 0 Å².